The van der Waals surface area contributed by atoms with E-state index in [0.29, 0.717) is 18.8 Å². The Balaban J connectivity index is 1.12. The van der Waals surface area contributed by atoms with Crippen molar-refractivity contribution < 1.29 is 19.4 Å². The van der Waals surface area contributed by atoms with Crippen LogP contribution in [0.1, 0.15) is 73.9 Å². The summed E-state index contributed by atoms with van der Waals surface area (Å²) in [4.78, 5) is 33.7. The highest BCUT2D eigenvalue weighted by atomic mass is 16.6. The fourth-order valence-electron chi connectivity index (χ4n) is 7.05. The zero-order valence-electron chi connectivity index (χ0n) is 26.0. The number of ether oxygens (including phenoxy) is 1. The summed E-state index contributed by atoms with van der Waals surface area (Å²) in [5.74, 6) is -0.0973. The van der Waals surface area contributed by atoms with E-state index < -0.39 is 17.4 Å². The van der Waals surface area contributed by atoms with Gasteiger partial charge in [0.25, 0.3) is 0 Å². The van der Waals surface area contributed by atoms with Gasteiger partial charge in [-0.05, 0) is 94.5 Å². The molecule has 2 saturated heterocycles. The van der Waals surface area contributed by atoms with Gasteiger partial charge >= 0.3 is 5.97 Å². The maximum Gasteiger partial charge on any atom is 0.338 e. The minimum Gasteiger partial charge on any atom is -0.456 e. The van der Waals surface area contributed by atoms with Gasteiger partial charge in [0.05, 0.1) is 12.2 Å². The first kappa shape index (κ1) is 30.2. The Morgan fingerprint density at radius 3 is 2.48 bits per heavy atom. The van der Waals surface area contributed by atoms with Crippen molar-refractivity contribution in [3.05, 3.63) is 95.6 Å². The van der Waals surface area contributed by atoms with E-state index in [1.54, 1.807) is 6.07 Å². The van der Waals surface area contributed by atoms with Gasteiger partial charge in [-0.3, -0.25) is 4.79 Å². The highest BCUT2D eigenvalue weighted by Crippen LogP contribution is 2.41. The molecule has 3 heterocycles. The Kier molecular flexibility index (Phi) is 8.40. The molecule has 44 heavy (non-hydrogen) atoms. The largest absolute Gasteiger partial charge is 0.456 e. The second-order valence-electron chi connectivity index (χ2n) is 13.4. The molecule has 3 aliphatic heterocycles. The van der Waals surface area contributed by atoms with Gasteiger partial charge in [-0.25, -0.2) is 4.79 Å². The van der Waals surface area contributed by atoms with Gasteiger partial charge in [-0.15, -0.1) is 0 Å². The van der Waals surface area contributed by atoms with Crippen LogP contribution in [0.2, 0.25) is 0 Å². The first-order valence-electron chi connectivity index (χ1n) is 15.8. The summed E-state index contributed by atoms with van der Waals surface area (Å²) in [5.41, 5.74) is 3.53. The van der Waals surface area contributed by atoms with Crippen LogP contribution in [0.25, 0.3) is 0 Å². The summed E-state index contributed by atoms with van der Waals surface area (Å²) in [5, 5.41) is 13.8. The van der Waals surface area contributed by atoms with Crippen molar-refractivity contribution in [1.29, 1.82) is 0 Å². The maximum absolute atomic E-state index is 14.3. The average Bonchev–Trinajstić information content (AvgIpc) is 3.46. The van der Waals surface area contributed by atoms with Crippen LogP contribution in [0.5, 0.6) is 0 Å². The van der Waals surface area contributed by atoms with Crippen LogP contribution in [-0.4, -0.2) is 70.5 Å². The zero-order chi connectivity index (χ0) is 30.9. The SMILES string of the molecule is CC(C)(C)OC(=O)c1cccc(CN2CN(c3ccccc3)C3(CCN(CCCC4c5ccccc5NC4O)CC3)C2=O)c1. The van der Waals surface area contributed by atoms with Gasteiger partial charge in [0.1, 0.15) is 17.4 Å². The van der Waals surface area contributed by atoms with E-state index in [4.69, 9.17) is 4.74 Å². The molecule has 3 aromatic carbocycles. The normalized spacial score (nSPS) is 21.4. The van der Waals surface area contributed by atoms with Crippen LogP contribution in [-0.2, 0) is 16.1 Å². The first-order chi connectivity index (χ1) is 21.1. The van der Waals surface area contributed by atoms with Gasteiger partial charge in [-0.1, -0.05) is 48.5 Å². The smallest absolute Gasteiger partial charge is 0.338 e. The number of esters is 1. The standard InChI is InChI=1S/C36H44N4O4/c1-35(2,3)44-33(42)27-12-9-11-26(23-27)24-39-25-40(28-13-5-4-6-14-28)36(34(39)43)18-21-38(22-19-36)20-10-16-30-29-15-7-8-17-31(29)37-32(30)41/h4-9,11-15,17,23,30,32,37,41H,10,16,18-22,24-25H2,1-3H3. The molecule has 8 heteroatoms. The number of benzene rings is 3. The van der Waals surface area contributed by atoms with E-state index in [-0.39, 0.29) is 17.8 Å². The van der Waals surface area contributed by atoms with E-state index in [1.165, 1.54) is 5.56 Å². The minimum atomic E-state index is -0.592. The van der Waals surface area contributed by atoms with Crippen molar-refractivity contribution in [2.75, 3.05) is 36.5 Å². The molecule has 0 aromatic heterocycles. The summed E-state index contributed by atoms with van der Waals surface area (Å²) in [6.45, 7) is 9.15. The third-order valence-electron chi connectivity index (χ3n) is 9.23. The molecule has 0 saturated carbocycles. The number of nitrogens with zero attached hydrogens (tertiary/aromatic N) is 3. The molecule has 232 valence electrons. The zero-order valence-corrected chi connectivity index (χ0v) is 26.0. The van der Waals surface area contributed by atoms with Crippen molar-refractivity contribution in [2.45, 2.75) is 76.3 Å². The third-order valence-corrected chi connectivity index (χ3v) is 9.23. The number of hydrogen-bond acceptors (Lipinski definition) is 7. The van der Waals surface area contributed by atoms with Gasteiger partial charge in [0.15, 0.2) is 0 Å². The van der Waals surface area contributed by atoms with E-state index in [2.05, 4.69) is 33.3 Å². The number of rotatable bonds is 8. The second-order valence-corrected chi connectivity index (χ2v) is 13.4. The molecule has 2 N–H and O–H groups in total. The van der Waals surface area contributed by atoms with Crippen molar-refractivity contribution in [3.8, 4) is 0 Å². The lowest BCUT2D eigenvalue weighted by molar-refractivity contribution is -0.134. The number of fused-ring (bicyclic) bond motifs is 1. The summed E-state index contributed by atoms with van der Waals surface area (Å²) >= 11 is 0. The molecule has 1 amide bonds. The maximum atomic E-state index is 14.3. The molecule has 3 aliphatic rings. The molecular weight excluding hydrogens is 552 g/mol. The third kappa shape index (κ3) is 6.19. The van der Waals surface area contributed by atoms with Crippen LogP contribution in [0, 0.1) is 0 Å². The molecule has 1 spiro atoms. The van der Waals surface area contributed by atoms with Crippen LogP contribution in [0.4, 0.5) is 11.4 Å². The predicted molar refractivity (Wildman–Crippen MR) is 172 cm³/mol. The number of aliphatic hydroxyl groups is 1. The number of anilines is 2. The number of nitrogens with one attached hydrogen (secondary N) is 1. The van der Waals surface area contributed by atoms with Crippen LogP contribution in [0.15, 0.2) is 78.9 Å². The number of amides is 1. The molecular formula is C36H44N4O4. The number of hydrogen-bond donors (Lipinski definition) is 2. The molecule has 6 rings (SSSR count). The predicted octanol–water partition coefficient (Wildman–Crippen LogP) is 5.59. The molecule has 2 atom stereocenters. The lowest BCUT2D eigenvalue weighted by Gasteiger charge is -2.43. The monoisotopic (exact) mass is 596 g/mol. The fraction of sp³-hybridized carbons (Fsp3) is 0.444. The molecule has 2 fully saturated rings. The molecule has 2 unspecified atom stereocenters. The number of carbonyl (C=O) groups is 2. The number of piperidine rings is 1. The van der Waals surface area contributed by atoms with Crippen molar-refractivity contribution in [2.24, 2.45) is 0 Å². The second kappa shape index (κ2) is 12.3. The molecule has 0 radical (unpaired) electrons. The fourth-order valence-corrected chi connectivity index (χ4v) is 7.05. The van der Waals surface area contributed by atoms with E-state index in [9.17, 15) is 14.7 Å². The lowest BCUT2D eigenvalue weighted by atomic mass is 9.85. The van der Waals surface area contributed by atoms with Crippen molar-refractivity contribution in [1.82, 2.24) is 9.80 Å². The van der Waals surface area contributed by atoms with E-state index in [0.717, 1.165) is 62.3 Å². The van der Waals surface area contributed by atoms with E-state index in [1.807, 2.05) is 80.3 Å². The Labute approximate surface area is 260 Å². The van der Waals surface area contributed by atoms with Gasteiger partial charge in [0, 0.05) is 36.9 Å². The Morgan fingerprint density at radius 1 is 1.00 bits per heavy atom. The number of likely N-dealkylation sites (tertiary alicyclic amines) is 1. The molecule has 0 aliphatic carbocycles. The summed E-state index contributed by atoms with van der Waals surface area (Å²) in [6.07, 6.45) is 2.87. The Bertz CT molecular complexity index is 1480. The van der Waals surface area contributed by atoms with Crippen molar-refractivity contribution >= 4 is 23.3 Å². The minimum absolute atomic E-state index is 0.106. The highest BCUT2D eigenvalue weighted by Gasteiger charge is 2.53. The average molecular weight is 597 g/mol. The summed E-state index contributed by atoms with van der Waals surface area (Å²) < 4.78 is 5.57. The summed E-state index contributed by atoms with van der Waals surface area (Å²) in [7, 11) is 0. The quantitative estimate of drug-likeness (QED) is 0.328. The van der Waals surface area contributed by atoms with Crippen LogP contribution < -0.4 is 10.2 Å². The number of para-hydroxylation sites is 2. The number of carbonyl (C=O) groups excluding carboxylic acids is 2. The van der Waals surface area contributed by atoms with Crippen molar-refractivity contribution in [3.63, 3.8) is 0 Å². The molecule has 8 nitrogen and oxygen atoms in total. The van der Waals surface area contributed by atoms with E-state index >= 15 is 0 Å². The van der Waals surface area contributed by atoms with Gasteiger partial charge in [0.2, 0.25) is 5.91 Å². The molecule has 3 aromatic rings. The first-order valence-corrected chi connectivity index (χ1v) is 15.8. The Morgan fingerprint density at radius 2 is 1.73 bits per heavy atom. The highest BCUT2D eigenvalue weighted by molar-refractivity contribution is 5.94. The van der Waals surface area contributed by atoms with Gasteiger partial charge < -0.3 is 29.9 Å². The topological polar surface area (TPSA) is 85.3 Å². The lowest BCUT2D eigenvalue weighted by Crippen LogP contribution is -2.56. The molecule has 0 bridgehead atoms. The van der Waals surface area contributed by atoms with Gasteiger partial charge in [-0.2, -0.15) is 0 Å². The summed E-state index contributed by atoms with van der Waals surface area (Å²) in [6, 6.07) is 25.8. The van der Waals surface area contributed by atoms with Crippen LogP contribution in [0.3, 0.4) is 0 Å². The Hall–Kier alpha value is -3.88. The van der Waals surface area contributed by atoms with Crippen LogP contribution >= 0.6 is 0 Å². The number of aliphatic hydroxyl groups excluding tert-OH is 1.